The number of aryl methyl sites for hydroxylation is 1. The summed E-state index contributed by atoms with van der Waals surface area (Å²) in [5.41, 5.74) is 1.62. The Morgan fingerprint density at radius 1 is 1.20 bits per heavy atom. The summed E-state index contributed by atoms with van der Waals surface area (Å²) >= 11 is 0. The maximum Gasteiger partial charge on any atom is 0.272 e. The quantitative estimate of drug-likeness (QED) is 0.797. The van der Waals surface area contributed by atoms with Crippen molar-refractivity contribution in [1.82, 2.24) is 24.9 Å². The van der Waals surface area contributed by atoms with E-state index >= 15 is 0 Å². The van der Waals surface area contributed by atoms with Gasteiger partial charge in [0.2, 0.25) is 0 Å². The van der Waals surface area contributed by atoms with Crippen LogP contribution in [0, 0.1) is 0 Å². The van der Waals surface area contributed by atoms with Crippen LogP contribution in [0.4, 0.5) is 0 Å². The average Bonchev–Trinajstić information content (AvgIpc) is 3.19. The molecule has 0 aliphatic carbocycles. The molecule has 2 fully saturated rings. The van der Waals surface area contributed by atoms with Gasteiger partial charge in [0.25, 0.3) is 5.91 Å². The molecule has 8 nitrogen and oxygen atoms in total. The lowest BCUT2D eigenvalue weighted by molar-refractivity contribution is 0.0108. The summed E-state index contributed by atoms with van der Waals surface area (Å²) in [6.45, 7) is 7.28. The number of hydrogen-bond donors (Lipinski definition) is 1. The summed E-state index contributed by atoms with van der Waals surface area (Å²) < 4.78 is 13.0. The fourth-order valence-electron chi connectivity index (χ4n) is 3.93. The van der Waals surface area contributed by atoms with Gasteiger partial charge < -0.3 is 19.7 Å². The first kappa shape index (κ1) is 17.0. The van der Waals surface area contributed by atoms with Gasteiger partial charge in [-0.2, -0.15) is 5.10 Å². The van der Waals surface area contributed by atoms with E-state index in [2.05, 4.69) is 27.3 Å². The van der Waals surface area contributed by atoms with Crippen molar-refractivity contribution in [2.24, 2.45) is 0 Å². The molecule has 2 atom stereocenters. The van der Waals surface area contributed by atoms with Gasteiger partial charge in [-0.3, -0.25) is 14.4 Å². The highest BCUT2D eigenvalue weighted by molar-refractivity contribution is 5.92. The number of carbonyl (C=O) groups is 1. The van der Waals surface area contributed by atoms with E-state index in [1.807, 2.05) is 10.7 Å². The lowest BCUT2D eigenvalue weighted by Crippen LogP contribution is -2.54. The number of fused-ring (bicyclic) bond motifs is 1. The standard InChI is InChI=1S/C17H27N5O3/c1-20-3-2-4-22-13(10-20)9-14(19-22)17(23)18-15-11-25-12-16(15)21-5-7-24-8-6-21/h9,15-16H,2-8,10-12H2,1H3,(H,18,23)/t15-,16-/m1/s1. The SMILES string of the molecule is CN1CCCn2nc(C(=O)N[C@@H]3COC[C@H]3N3CCOCC3)cc2C1. The highest BCUT2D eigenvalue weighted by Crippen LogP contribution is 2.17. The van der Waals surface area contributed by atoms with E-state index in [1.54, 1.807) is 0 Å². The predicted molar refractivity (Wildman–Crippen MR) is 91.4 cm³/mol. The lowest BCUT2D eigenvalue weighted by atomic mass is 10.1. The van der Waals surface area contributed by atoms with Crippen LogP contribution in [-0.4, -0.2) is 90.7 Å². The number of hydrogen-bond acceptors (Lipinski definition) is 6. The predicted octanol–water partition coefficient (Wildman–Crippen LogP) is -0.452. The number of morpholine rings is 1. The van der Waals surface area contributed by atoms with Crippen LogP contribution in [0.15, 0.2) is 6.07 Å². The van der Waals surface area contributed by atoms with Gasteiger partial charge in [-0.15, -0.1) is 0 Å². The Bertz CT molecular complexity index is 613. The maximum absolute atomic E-state index is 12.7. The molecule has 8 heteroatoms. The minimum Gasteiger partial charge on any atom is -0.379 e. The molecule has 0 radical (unpaired) electrons. The van der Waals surface area contributed by atoms with Gasteiger partial charge in [-0.25, -0.2) is 0 Å². The molecule has 1 aromatic heterocycles. The summed E-state index contributed by atoms with van der Waals surface area (Å²) in [5, 5.41) is 7.67. The minimum absolute atomic E-state index is 0.00906. The van der Waals surface area contributed by atoms with E-state index < -0.39 is 0 Å². The second-order valence-corrected chi connectivity index (χ2v) is 7.17. The number of amides is 1. The van der Waals surface area contributed by atoms with Crippen molar-refractivity contribution in [3.63, 3.8) is 0 Å². The van der Waals surface area contributed by atoms with Gasteiger partial charge in [-0.05, 0) is 19.5 Å². The van der Waals surface area contributed by atoms with Gasteiger partial charge >= 0.3 is 0 Å². The minimum atomic E-state index is -0.100. The van der Waals surface area contributed by atoms with Crippen molar-refractivity contribution < 1.29 is 14.3 Å². The van der Waals surface area contributed by atoms with Gasteiger partial charge in [0.15, 0.2) is 5.69 Å². The highest BCUT2D eigenvalue weighted by Gasteiger charge is 2.35. The maximum atomic E-state index is 12.7. The number of carbonyl (C=O) groups excluding carboxylic acids is 1. The topological polar surface area (TPSA) is 71.9 Å². The molecular formula is C17H27N5O3. The van der Waals surface area contributed by atoms with Crippen LogP contribution in [0.5, 0.6) is 0 Å². The van der Waals surface area contributed by atoms with Crippen LogP contribution in [0.1, 0.15) is 22.6 Å². The molecule has 0 bridgehead atoms. The molecule has 4 heterocycles. The van der Waals surface area contributed by atoms with E-state index in [-0.39, 0.29) is 18.0 Å². The van der Waals surface area contributed by atoms with Crippen molar-refractivity contribution in [2.75, 3.05) is 53.1 Å². The molecule has 0 unspecified atom stereocenters. The summed E-state index contributed by atoms with van der Waals surface area (Å²) in [6.07, 6.45) is 1.06. The summed E-state index contributed by atoms with van der Waals surface area (Å²) in [5.74, 6) is -0.100. The second kappa shape index (κ2) is 7.41. The monoisotopic (exact) mass is 349 g/mol. The van der Waals surface area contributed by atoms with Gasteiger partial charge in [0, 0.05) is 32.7 Å². The Kier molecular flexibility index (Phi) is 5.03. The van der Waals surface area contributed by atoms with E-state index in [1.165, 1.54) is 0 Å². The number of ether oxygens (including phenoxy) is 2. The Balaban J connectivity index is 1.42. The Morgan fingerprint density at radius 3 is 2.88 bits per heavy atom. The largest absolute Gasteiger partial charge is 0.379 e. The number of rotatable bonds is 3. The molecule has 0 saturated carbocycles. The summed E-state index contributed by atoms with van der Waals surface area (Å²) in [6, 6.07) is 2.16. The highest BCUT2D eigenvalue weighted by atomic mass is 16.5. The Morgan fingerprint density at radius 2 is 2.04 bits per heavy atom. The molecule has 1 aromatic rings. The summed E-state index contributed by atoms with van der Waals surface area (Å²) in [4.78, 5) is 17.3. The molecule has 138 valence electrons. The number of aromatic nitrogens is 2. The molecule has 3 aliphatic rings. The van der Waals surface area contributed by atoms with Crippen LogP contribution in [0.2, 0.25) is 0 Å². The van der Waals surface area contributed by atoms with Crippen LogP contribution in [0.3, 0.4) is 0 Å². The number of nitrogens with zero attached hydrogens (tertiary/aromatic N) is 4. The molecule has 0 aromatic carbocycles. The molecule has 0 spiro atoms. The van der Waals surface area contributed by atoms with Gasteiger partial charge in [-0.1, -0.05) is 0 Å². The van der Waals surface area contributed by atoms with Crippen LogP contribution in [-0.2, 0) is 22.6 Å². The molecule has 2 saturated heterocycles. The molecule has 1 N–H and O–H groups in total. The third-order valence-corrected chi connectivity index (χ3v) is 5.32. The zero-order valence-corrected chi connectivity index (χ0v) is 14.8. The molecule has 25 heavy (non-hydrogen) atoms. The normalized spacial score (nSPS) is 28.5. The Hall–Kier alpha value is -1.48. The van der Waals surface area contributed by atoms with Crippen LogP contribution >= 0.6 is 0 Å². The average molecular weight is 349 g/mol. The van der Waals surface area contributed by atoms with Crippen molar-refractivity contribution in [3.8, 4) is 0 Å². The third kappa shape index (κ3) is 3.72. The first-order chi connectivity index (χ1) is 12.2. The first-order valence-electron chi connectivity index (χ1n) is 9.16. The second-order valence-electron chi connectivity index (χ2n) is 7.17. The van der Waals surface area contributed by atoms with E-state index in [9.17, 15) is 4.79 Å². The first-order valence-corrected chi connectivity index (χ1v) is 9.16. The fraction of sp³-hybridized carbons (Fsp3) is 0.765. The molecular weight excluding hydrogens is 322 g/mol. The third-order valence-electron chi connectivity index (χ3n) is 5.32. The van der Waals surface area contributed by atoms with E-state index in [4.69, 9.17) is 9.47 Å². The molecule has 3 aliphatic heterocycles. The number of nitrogens with one attached hydrogen (secondary N) is 1. The van der Waals surface area contributed by atoms with Gasteiger partial charge in [0.1, 0.15) is 0 Å². The molecule has 4 rings (SSSR count). The van der Waals surface area contributed by atoms with Crippen LogP contribution in [0.25, 0.3) is 0 Å². The van der Waals surface area contributed by atoms with Crippen LogP contribution < -0.4 is 5.32 Å². The van der Waals surface area contributed by atoms with Crippen molar-refractivity contribution in [3.05, 3.63) is 17.5 Å². The summed E-state index contributed by atoms with van der Waals surface area (Å²) in [7, 11) is 2.10. The zero-order chi connectivity index (χ0) is 17.2. The van der Waals surface area contributed by atoms with Crippen molar-refractivity contribution in [1.29, 1.82) is 0 Å². The van der Waals surface area contributed by atoms with Crippen molar-refractivity contribution >= 4 is 5.91 Å². The fourth-order valence-corrected chi connectivity index (χ4v) is 3.93. The van der Waals surface area contributed by atoms with Gasteiger partial charge in [0.05, 0.1) is 44.2 Å². The zero-order valence-electron chi connectivity index (χ0n) is 14.8. The van der Waals surface area contributed by atoms with E-state index in [0.29, 0.717) is 18.9 Å². The molecule has 1 amide bonds. The Labute approximate surface area is 148 Å². The smallest absolute Gasteiger partial charge is 0.272 e. The van der Waals surface area contributed by atoms with Crippen molar-refractivity contribution in [2.45, 2.75) is 31.6 Å². The lowest BCUT2D eigenvalue weighted by Gasteiger charge is -2.34. The van der Waals surface area contributed by atoms with E-state index in [0.717, 1.165) is 58.1 Å².